The number of benzene rings is 1. The fourth-order valence-electron chi connectivity index (χ4n) is 3.10. The van der Waals surface area contributed by atoms with E-state index in [-0.39, 0.29) is 5.60 Å². The number of ether oxygens (including phenoxy) is 1. The van der Waals surface area contributed by atoms with Crippen molar-refractivity contribution in [2.45, 2.75) is 37.7 Å². The van der Waals surface area contributed by atoms with Crippen molar-refractivity contribution in [1.29, 1.82) is 0 Å². The maximum atomic E-state index is 5.88. The van der Waals surface area contributed by atoms with Gasteiger partial charge in [-0.05, 0) is 24.5 Å². The average molecular weight is 268 g/mol. The normalized spacial score (nSPS) is 17.9. The second-order valence-corrected chi connectivity index (χ2v) is 5.41. The van der Waals surface area contributed by atoms with E-state index in [1.54, 1.807) is 12.4 Å². The van der Waals surface area contributed by atoms with Crippen LogP contribution in [0.1, 0.15) is 37.7 Å². The molecule has 0 amide bonds. The highest BCUT2D eigenvalue weighted by atomic mass is 16.5. The van der Waals surface area contributed by atoms with Crippen molar-refractivity contribution in [2.24, 2.45) is 0 Å². The molecule has 2 aromatic rings. The Hall–Kier alpha value is -1.74. The first kappa shape index (κ1) is 13.3. The summed E-state index contributed by atoms with van der Waals surface area (Å²) in [6.07, 6.45) is 9.59. The summed E-state index contributed by atoms with van der Waals surface area (Å²) >= 11 is 0. The second kappa shape index (κ2) is 5.71. The van der Waals surface area contributed by atoms with Crippen LogP contribution in [0, 0.1) is 0 Å². The SMILES string of the molecule is COC1(c2ccc(-c3ncccn3)cc2)CCCCC1. The van der Waals surface area contributed by atoms with Crippen LogP contribution in [-0.2, 0) is 10.3 Å². The monoisotopic (exact) mass is 268 g/mol. The minimum Gasteiger partial charge on any atom is -0.374 e. The molecular weight excluding hydrogens is 248 g/mol. The third-order valence-electron chi connectivity index (χ3n) is 4.29. The summed E-state index contributed by atoms with van der Waals surface area (Å²) in [4.78, 5) is 8.57. The maximum absolute atomic E-state index is 5.88. The Labute approximate surface area is 120 Å². The Balaban J connectivity index is 1.89. The molecule has 1 heterocycles. The average Bonchev–Trinajstić information content (AvgIpc) is 2.56. The molecule has 0 aliphatic heterocycles. The zero-order valence-electron chi connectivity index (χ0n) is 11.9. The molecule has 1 aromatic heterocycles. The third kappa shape index (κ3) is 2.46. The molecule has 0 N–H and O–H groups in total. The van der Waals surface area contributed by atoms with Crippen molar-refractivity contribution in [3.05, 3.63) is 48.3 Å². The Morgan fingerprint density at radius 1 is 0.950 bits per heavy atom. The van der Waals surface area contributed by atoms with Gasteiger partial charge in [0.25, 0.3) is 0 Å². The zero-order valence-corrected chi connectivity index (χ0v) is 11.9. The minimum atomic E-state index is -0.0890. The molecule has 1 aliphatic rings. The molecular formula is C17H20N2O. The first-order valence-electron chi connectivity index (χ1n) is 7.27. The van der Waals surface area contributed by atoms with Gasteiger partial charge >= 0.3 is 0 Å². The van der Waals surface area contributed by atoms with Gasteiger partial charge in [0, 0.05) is 25.1 Å². The molecule has 0 radical (unpaired) electrons. The minimum absolute atomic E-state index is 0.0890. The number of hydrogen-bond acceptors (Lipinski definition) is 3. The quantitative estimate of drug-likeness (QED) is 0.845. The number of hydrogen-bond donors (Lipinski definition) is 0. The second-order valence-electron chi connectivity index (χ2n) is 5.41. The van der Waals surface area contributed by atoms with Gasteiger partial charge in [-0.15, -0.1) is 0 Å². The number of nitrogens with zero attached hydrogens (tertiary/aromatic N) is 2. The van der Waals surface area contributed by atoms with Crippen LogP contribution in [0.4, 0.5) is 0 Å². The molecule has 1 saturated carbocycles. The van der Waals surface area contributed by atoms with E-state index in [0.29, 0.717) is 0 Å². The van der Waals surface area contributed by atoms with E-state index >= 15 is 0 Å². The summed E-state index contributed by atoms with van der Waals surface area (Å²) < 4.78 is 5.88. The standard InChI is InChI=1S/C17H20N2O/c1-20-17(10-3-2-4-11-17)15-8-6-14(7-9-15)16-18-12-5-13-19-16/h5-9,12-13H,2-4,10-11H2,1H3. The van der Waals surface area contributed by atoms with Crippen molar-refractivity contribution in [2.75, 3.05) is 7.11 Å². The lowest BCUT2D eigenvalue weighted by molar-refractivity contribution is -0.0445. The lowest BCUT2D eigenvalue weighted by Gasteiger charge is -2.36. The largest absolute Gasteiger partial charge is 0.374 e. The Morgan fingerprint density at radius 2 is 1.60 bits per heavy atom. The highest BCUT2D eigenvalue weighted by molar-refractivity contribution is 5.55. The Kier molecular flexibility index (Phi) is 3.79. The fourth-order valence-corrected chi connectivity index (χ4v) is 3.10. The molecule has 1 fully saturated rings. The topological polar surface area (TPSA) is 35.0 Å². The van der Waals surface area contributed by atoms with Gasteiger partial charge in [-0.3, -0.25) is 0 Å². The first-order valence-corrected chi connectivity index (χ1v) is 7.27. The summed E-state index contributed by atoms with van der Waals surface area (Å²) in [6, 6.07) is 10.4. The van der Waals surface area contributed by atoms with Crippen molar-refractivity contribution >= 4 is 0 Å². The van der Waals surface area contributed by atoms with Crippen molar-refractivity contribution < 1.29 is 4.74 Å². The van der Waals surface area contributed by atoms with Crippen LogP contribution in [0.15, 0.2) is 42.7 Å². The van der Waals surface area contributed by atoms with Gasteiger partial charge in [0.05, 0.1) is 5.60 Å². The van der Waals surface area contributed by atoms with E-state index in [2.05, 4.69) is 34.2 Å². The first-order chi connectivity index (χ1) is 9.84. The summed E-state index contributed by atoms with van der Waals surface area (Å²) in [7, 11) is 1.83. The van der Waals surface area contributed by atoms with E-state index in [0.717, 1.165) is 24.2 Å². The molecule has 1 aliphatic carbocycles. The molecule has 0 unspecified atom stereocenters. The number of methoxy groups -OCH3 is 1. The molecule has 20 heavy (non-hydrogen) atoms. The summed E-state index contributed by atoms with van der Waals surface area (Å²) in [6.45, 7) is 0. The van der Waals surface area contributed by atoms with Crippen LogP contribution in [0.5, 0.6) is 0 Å². The van der Waals surface area contributed by atoms with Crippen LogP contribution in [-0.4, -0.2) is 17.1 Å². The molecule has 0 spiro atoms. The van der Waals surface area contributed by atoms with Gasteiger partial charge < -0.3 is 4.74 Å². The Morgan fingerprint density at radius 3 is 2.20 bits per heavy atom. The van der Waals surface area contributed by atoms with E-state index in [1.807, 2.05) is 13.2 Å². The highest BCUT2D eigenvalue weighted by Crippen LogP contribution is 2.40. The molecule has 3 nitrogen and oxygen atoms in total. The Bertz CT molecular complexity index is 545. The predicted molar refractivity (Wildman–Crippen MR) is 79.2 cm³/mol. The van der Waals surface area contributed by atoms with E-state index in [9.17, 15) is 0 Å². The van der Waals surface area contributed by atoms with Gasteiger partial charge in [-0.1, -0.05) is 43.5 Å². The molecule has 3 rings (SSSR count). The lowest BCUT2D eigenvalue weighted by Crippen LogP contribution is -2.30. The van der Waals surface area contributed by atoms with Gasteiger partial charge in [0.1, 0.15) is 0 Å². The molecule has 3 heteroatoms. The predicted octanol–water partition coefficient (Wildman–Crippen LogP) is 3.95. The zero-order chi connectivity index (χ0) is 13.8. The highest BCUT2D eigenvalue weighted by Gasteiger charge is 2.33. The number of rotatable bonds is 3. The van der Waals surface area contributed by atoms with E-state index < -0.39 is 0 Å². The fraction of sp³-hybridized carbons (Fsp3) is 0.412. The van der Waals surface area contributed by atoms with Gasteiger partial charge in [-0.2, -0.15) is 0 Å². The number of aromatic nitrogens is 2. The smallest absolute Gasteiger partial charge is 0.159 e. The molecule has 0 atom stereocenters. The van der Waals surface area contributed by atoms with Crippen molar-refractivity contribution in [3.8, 4) is 11.4 Å². The molecule has 0 saturated heterocycles. The maximum Gasteiger partial charge on any atom is 0.159 e. The van der Waals surface area contributed by atoms with Crippen LogP contribution >= 0.6 is 0 Å². The third-order valence-corrected chi connectivity index (χ3v) is 4.29. The van der Waals surface area contributed by atoms with Crippen molar-refractivity contribution in [1.82, 2.24) is 9.97 Å². The van der Waals surface area contributed by atoms with E-state index in [1.165, 1.54) is 24.8 Å². The van der Waals surface area contributed by atoms with E-state index in [4.69, 9.17) is 4.74 Å². The van der Waals surface area contributed by atoms with Gasteiger partial charge in [0.15, 0.2) is 5.82 Å². The van der Waals surface area contributed by atoms with Crippen LogP contribution < -0.4 is 0 Å². The lowest BCUT2D eigenvalue weighted by atomic mass is 9.79. The molecule has 0 bridgehead atoms. The molecule has 1 aromatic carbocycles. The van der Waals surface area contributed by atoms with Crippen LogP contribution in [0.3, 0.4) is 0 Å². The summed E-state index contributed by atoms with van der Waals surface area (Å²) in [5, 5.41) is 0. The summed E-state index contributed by atoms with van der Waals surface area (Å²) in [5.74, 6) is 0.772. The van der Waals surface area contributed by atoms with Crippen LogP contribution in [0.2, 0.25) is 0 Å². The summed E-state index contributed by atoms with van der Waals surface area (Å²) in [5.41, 5.74) is 2.24. The van der Waals surface area contributed by atoms with Gasteiger partial charge in [0.2, 0.25) is 0 Å². The van der Waals surface area contributed by atoms with Crippen LogP contribution in [0.25, 0.3) is 11.4 Å². The molecule has 104 valence electrons. The van der Waals surface area contributed by atoms with Crippen molar-refractivity contribution in [3.63, 3.8) is 0 Å². The van der Waals surface area contributed by atoms with Gasteiger partial charge in [-0.25, -0.2) is 9.97 Å².